The van der Waals surface area contributed by atoms with Gasteiger partial charge in [-0.2, -0.15) is 0 Å². The summed E-state index contributed by atoms with van der Waals surface area (Å²) in [5, 5.41) is 12.9. The normalized spacial score (nSPS) is 20.1. The number of carbonyl (C=O) groups is 1. The Labute approximate surface area is 105 Å². The van der Waals surface area contributed by atoms with Crippen LogP contribution in [0, 0.1) is 0 Å². The number of nitrogens with one attached hydrogen (secondary N) is 1. The van der Waals surface area contributed by atoms with Gasteiger partial charge in [-0.15, -0.1) is 0 Å². The van der Waals surface area contributed by atoms with Gasteiger partial charge in [0.1, 0.15) is 0 Å². The van der Waals surface area contributed by atoms with Crippen LogP contribution in [0.15, 0.2) is 24.3 Å². The lowest BCUT2D eigenvalue weighted by molar-refractivity contribution is 0.133. The molecule has 1 saturated heterocycles. The molecule has 0 spiro atoms. The van der Waals surface area contributed by atoms with Gasteiger partial charge in [0, 0.05) is 29.8 Å². The van der Waals surface area contributed by atoms with Crippen LogP contribution >= 0.6 is 11.6 Å². The number of piperidine rings is 1. The van der Waals surface area contributed by atoms with Crippen molar-refractivity contribution in [2.75, 3.05) is 18.4 Å². The largest absolute Gasteiger partial charge is 0.465 e. The highest BCUT2D eigenvalue weighted by Crippen LogP contribution is 2.19. The molecule has 0 bridgehead atoms. The number of anilines is 1. The third kappa shape index (κ3) is 3.27. The fraction of sp³-hybridized carbons (Fsp3) is 0.417. The summed E-state index contributed by atoms with van der Waals surface area (Å²) in [5.41, 5.74) is 0.940. The number of amides is 1. The molecule has 0 aliphatic carbocycles. The maximum atomic E-state index is 10.9. The first-order valence-electron chi connectivity index (χ1n) is 5.65. The van der Waals surface area contributed by atoms with Crippen molar-refractivity contribution in [3.05, 3.63) is 29.3 Å². The summed E-state index contributed by atoms with van der Waals surface area (Å²) < 4.78 is 0. The molecular formula is C12H15ClN2O2. The highest BCUT2D eigenvalue weighted by molar-refractivity contribution is 6.30. The fourth-order valence-corrected chi connectivity index (χ4v) is 2.27. The zero-order valence-corrected chi connectivity index (χ0v) is 10.2. The van der Waals surface area contributed by atoms with Gasteiger partial charge in [-0.05, 0) is 31.0 Å². The first kappa shape index (κ1) is 12.0. The molecule has 1 unspecified atom stereocenters. The Morgan fingerprint density at radius 1 is 1.53 bits per heavy atom. The number of hydrogen-bond donors (Lipinski definition) is 2. The number of halogens is 1. The summed E-state index contributed by atoms with van der Waals surface area (Å²) in [7, 11) is 0. The summed E-state index contributed by atoms with van der Waals surface area (Å²) in [4.78, 5) is 12.3. The summed E-state index contributed by atoms with van der Waals surface area (Å²) >= 11 is 5.90. The van der Waals surface area contributed by atoms with Crippen LogP contribution in [-0.4, -0.2) is 35.2 Å². The highest BCUT2D eigenvalue weighted by Gasteiger charge is 2.22. The minimum absolute atomic E-state index is 0.165. The van der Waals surface area contributed by atoms with E-state index in [4.69, 9.17) is 16.7 Å². The molecule has 1 fully saturated rings. The Bertz CT molecular complexity index is 411. The molecule has 92 valence electrons. The fourth-order valence-electron chi connectivity index (χ4n) is 2.08. The van der Waals surface area contributed by atoms with Gasteiger partial charge in [-0.25, -0.2) is 4.79 Å². The summed E-state index contributed by atoms with van der Waals surface area (Å²) in [5.74, 6) is 0. The zero-order chi connectivity index (χ0) is 12.3. The van der Waals surface area contributed by atoms with E-state index in [0.717, 1.165) is 18.5 Å². The van der Waals surface area contributed by atoms with E-state index in [1.165, 1.54) is 4.90 Å². The smallest absolute Gasteiger partial charge is 0.407 e. The molecule has 0 radical (unpaired) electrons. The van der Waals surface area contributed by atoms with Crippen LogP contribution in [0.5, 0.6) is 0 Å². The number of hydrogen-bond acceptors (Lipinski definition) is 2. The summed E-state index contributed by atoms with van der Waals surface area (Å²) in [6.45, 7) is 1.16. The molecule has 17 heavy (non-hydrogen) atoms. The van der Waals surface area contributed by atoms with Crippen molar-refractivity contribution >= 4 is 23.4 Å². The van der Waals surface area contributed by atoms with Crippen molar-refractivity contribution in [1.29, 1.82) is 0 Å². The van der Waals surface area contributed by atoms with E-state index in [1.807, 2.05) is 24.3 Å². The lowest BCUT2D eigenvalue weighted by atomic mass is 10.1. The number of carboxylic acid groups (broad SMARTS) is 1. The molecule has 1 aromatic rings. The van der Waals surface area contributed by atoms with Gasteiger partial charge in [0.25, 0.3) is 0 Å². The summed E-state index contributed by atoms with van der Waals surface area (Å²) in [6, 6.07) is 7.64. The number of rotatable bonds is 2. The SMILES string of the molecule is O=C(O)N1CCCC(Nc2cccc(Cl)c2)C1. The molecule has 5 heteroatoms. The molecule has 0 saturated carbocycles. The molecule has 1 aromatic carbocycles. The summed E-state index contributed by atoms with van der Waals surface area (Å²) in [6.07, 6.45) is 1.03. The lowest BCUT2D eigenvalue weighted by Crippen LogP contribution is -2.44. The molecule has 2 rings (SSSR count). The van der Waals surface area contributed by atoms with Crippen molar-refractivity contribution < 1.29 is 9.90 Å². The van der Waals surface area contributed by atoms with Gasteiger partial charge in [-0.3, -0.25) is 0 Å². The highest BCUT2D eigenvalue weighted by atomic mass is 35.5. The second-order valence-electron chi connectivity index (χ2n) is 4.22. The molecule has 1 aliphatic rings. The van der Waals surface area contributed by atoms with Crippen LogP contribution in [-0.2, 0) is 0 Å². The van der Waals surface area contributed by atoms with Crippen LogP contribution in [0.25, 0.3) is 0 Å². The van der Waals surface area contributed by atoms with Crippen molar-refractivity contribution in [1.82, 2.24) is 4.90 Å². The van der Waals surface area contributed by atoms with E-state index < -0.39 is 6.09 Å². The lowest BCUT2D eigenvalue weighted by Gasteiger charge is -2.31. The zero-order valence-electron chi connectivity index (χ0n) is 9.40. The maximum absolute atomic E-state index is 10.9. The Morgan fingerprint density at radius 3 is 3.06 bits per heavy atom. The predicted octanol–water partition coefficient (Wildman–Crippen LogP) is 2.89. The van der Waals surface area contributed by atoms with Crippen LogP contribution in [0.2, 0.25) is 5.02 Å². The van der Waals surface area contributed by atoms with Gasteiger partial charge in [0.15, 0.2) is 0 Å². The van der Waals surface area contributed by atoms with Crippen molar-refractivity contribution in [3.8, 4) is 0 Å². The van der Waals surface area contributed by atoms with E-state index in [-0.39, 0.29) is 6.04 Å². The van der Waals surface area contributed by atoms with Crippen LogP contribution in [0.1, 0.15) is 12.8 Å². The van der Waals surface area contributed by atoms with Gasteiger partial charge in [0.2, 0.25) is 0 Å². The molecule has 1 atom stereocenters. The Morgan fingerprint density at radius 2 is 2.35 bits per heavy atom. The van der Waals surface area contributed by atoms with Crippen molar-refractivity contribution in [2.45, 2.75) is 18.9 Å². The van der Waals surface area contributed by atoms with Crippen molar-refractivity contribution in [2.24, 2.45) is 0 Å². The van der Waals surface area contributed by atoms with E-state index >= 15 is 0 Å². The Balaban J connectivity index is 1.97. The second-order valence-corrected chi connectivity index (χ2v) is 4.66. The number of likely N-dealkylation sites (tertiary alicyclic amines) is 1. The predicted molar refractivity (Wildman–Crippen MR) is 67.7 cm³/mol. The van der Waals surface area contributed by atoms with Crippen LogP contribution in [0.4, 0.5) is 10.5 Å². The second kappa shape index (κ2) is 5.27. The van der Waals surface area contributed by atoms with E-state index in [9.17, 15) is 4.79 Å². The van der Waals surface area contributed by atoms with Crippen molar-refractivity contribution in [3.63, 3.8) is 0 Å². The Kier molecular flexibility index (Phi) is 3.74. The minimum atomic E-state index is -0.845. The van der Waals surface area contributed by atoms with Gasteiger partial charge >= 0.3 is 6.09 Å². The topological polar surface area (TPSA) is 52.6 Å². The average molecular weight is 255 g/mol. The standard InChI is InChI=1S/C12H15ClN2O2/c13-9-3-1-4-10(7-9)14-11-5-2-6-15(8-11)12(16)17/h1,3-4,7,11,14H,2,5-6,8H2,(H,16,17). The maximum Gasteiger partial charge on any atom is 0.407 e. The van der Waals surface area contributed by atoms with Crippen LogP contribution in [0.3, 0.4) is 0 Å². The molecule has 0 aromatic heterocycles. The monoisotopic (exact) mass is 254 g/mol. The van der Waals surface area contributed by atoms with E-state index in [2.05, 4.69) is 5.32 Å². The van der Waals surface area contributed by atoms with Gasteiger partial charge in [-0.1, -0.05) is 17.7 Å². The molecule has 2 N–H and O–H groups in total. The van der Waals surface area contributed by atoms with E-state index in [0.29, 0.717) is 18.1 Å². The van der Waals surface area contributed by atoms with Gasteiger partial charge < -0.3 is 15.3 Å². The molecule has 4 nitrogen and oxygen atoms in total. The molecule has 1 heterocycles. The minimum Gasteiger partial charge on any atom is -0.465 e. The van der Waals surface area contributed by atoms with E-state index in [1.54, 1.807) is 0 Å². The molecular weight excluding hydrogens is 240 g/mol. The first-order valence-corrected chi connectivity index (χ1v) is 6.03. The number of nitrogens with zero attached hydrogens (tertiary/aromatic N) is 1. The Hall–Kier alpha value is -1.42. The number of benzene rings is 1. The molecule has 1 amide bonds. The quantitative estimate of drug-likeness (QED) is 0.853. The van der Waals surface area contributed by atoms with Gasteiger partial charge in [0.05, 0.1) is 0 Å². The first-order chi connectivity index (χ1) is 8.15. The average Bonchev–Trinajstić information content (AvgIpc) is 2.29. The third-order valence-electron chi connectivity index (χ3n) is 2.89. The molecule has 1 aliphatic heterocycles. The third-order valence-corrected chi connectivity index (χ3v) is 3.12. The van der Waals surface area contributed by atoms with Crippen LogP contribution < -0.4 is 5.32 Å².